The number of carbonyl (C=O) groups excluding carboxylic acids is 1. The predicted octanol–water partition coefficient (Wildman–Crippen LogP) is 2.78. The van der Waals surface area contributed by atoms with Gasteiger partial charge in [0, 0.05) is 35.3 Å². The third kappa shape index (κ3) is 3.47. The quantitative estimate of drug-likeness (QED) is 0.739. The summed E-state index contributed by atoms with van der Waals surface area (Å²) in [5.41, 5.74) is 1.39. The predicted molar refractivity (Wildman–Crippen MR) is 97.7 cm³/mol. The number of fused-ring (bicyclic) bond motifs is 1. The molecule has 3 heterocycles. The highest BCUT2D eigenvalue weighted by Gasteiger charge is 2.29. The number of ether oxygens (including phenoxy) is 1. The number of aromatic nitrogens is 3. The van der Waals surface area contributed by atoms with E-state index in [0.717, 1.165) is 29.2 Å². The summed E-state index contributed by atoms with van der Waals surface area (Å²) < 4.78 is 5.09. The highest BCUT2D eigenvalue weighted by molar-refractivity contribution is 5.96. The first kappa shape index (κ1) is 16.0. The van der Waals surface area contributed by atoms with E-state index in [1.54, 1.807) is 38.0 Å². The zero-order valence-corrected chi connectivity index (χ0v) is 14.2. The maximum atomic E-state index is 11.9. The van der Waals surface area contributed by atoms with Crippen molar-refractivity contribution in [3.05, 3.63) is 54.2 Å². The maximum absolute atomic E-state index is 11.9. The lowest BCUT2D eigenvalue weighted by Gasteiger charge is -2.05. The lowest BCUT2D eigenvalue weighted by atomic mass is 10.1. The van der Waals surface area contributed by atoms with Crippen molar-refractivity contribution in [2.24, 2.45) is 5.92 Å². The second-order valence-corrected chi connectivity index (χ2v) is 6.07. The molecule has 0 radical (unpaired) electrons. The first-order chi connectivity index (χ1) is 12.7. The second kappa shape index (κ2) is 6.81. The number of hydrogen-bond acceptors (Lipinski definition) is 5. The number of rotatable bonds is 3. The van der Waals surface area contributed by atoms with E-state index in [0.29, 0.717) is 17.3 Å². The fourth-order valence-corrected chi connectivity index (χ4v) is 2.51. The Bertz CT molecular complexity index is 1030. The van der Waals surface area contributed by atoms with Gasteiger partial charge in [-0.2, -0.15) is 0 Å². The Morgan fingerprint density at radius 1 is 1.15 bits per heavy atom. The number of nitrogens with one attached hydrogen (secondary N) is 1. The Morgan fingerprint density at radius 3 is 2.77 bits per heavy atom. The number of methoxy groups -OCH3 is 1. The van der Waals surface area contributed by atoms with Crippen LogP contribution in [0, 0.1) is 17.8 Å². The van der Waals surface area contributed by atoms with E-state index < -0.39 is 0 Å². The van der Waals surface area contributed by atoms with Crippen LogP contribution in [0.1, 0.15) is 24.1 Å². The summed E-state index contributed by atoms with van der Waals surface area (Å²) in [6.07, 6.45) is 8.66. The van der Waals surface area contributed by atoms with Crippen molar-refractivity contribution in [1.29, 1.82) is 0 Å². The standard InChI is InChI=1S/C20H16N4O2/c1-26-17-7-6-16(22-12-17)5-4-14-9-21-10-15-11-23-19(8-18(14)15)24-20(25)13-2-3-13/h6-13H,2-3H2,1H3,(H,23,24,25). The van der Waals surface area contributed by atoms with Gasteiger partial charge >= 0.3 is 0 Å². The highest BCUT2D eigenvalue weighted by atomic mass is 16.5. The van der Waals surface area contributed by atoms with Crippen LogP contribution in [0.4, 0.5) is 5.82 Å². The van der Waals surface area contributed by atoms with Gasteiger partial charge in [-0.1, -0.05) is 5.92 Å². The summed E-state index contributed by atoms with van der Waals surface area (Å²) in [4.78, 5) is 24.7. The molecule has 6 heteroatoms. The molecule has 1 aliphatic carbocycles. The van der Waals surface area contributed by atoms with E-state index in [-0.39, 0.29) is 11.8 Å². The van der Waals surface area contributed by atoms with Crippen molar-refractivity contribution in [3.63, 3.8) is 0 Å². The van der Waals surface area contributed by atoms with E-state index in [2.05, 4.69) is 32.1 Å². The maximum Gasteiger partial charge on any atom is 0.228 e. The summed E-state index contributed by atoms with van der Waals surface area (Å²) in [6.45, 7) is 0. The van der Waals surface area contributed by atoms with Crippen molar-refractivity contribution in [3.8, 4) is 17.6 Å². The molecule has 4 rings (SSSR count). The summed E-state index contributed by atoms with van der Waals surface area (Å²) in [6, 6.07) is 5.45. The molecule has 0 bridgehead atoms. The minimum absolute atomic E-state index is 0.0287. The summed E-state index contributed by atoms with van der Waals surface area (Å²) in [5.74, 6) is 7.51. The average molecular weight is 344 g/mol. The number of nitrogens with zero attached hydrogens (tertiary/aromatic N) is 3. The van der Waals surface area contributed by atoms with Crippen LogP contribution in [0.2, 0.25) is 0 Å². The molecular weight excluding hydrogens is 328 g/mol. The van der Waals surface area contributed by atoms with Crippen molar-refractivity contribution < 1.29 is 9.53 Å². The smallest absolute Gasteiger partial charge is 0.228 e. The van der Waals surface area contributed by atoms with Crippen molar-refractivity contribution in [2.45, 2.75) is 12.8 Å². The van der Waals surface area contributed by atoms with Crippen molar-refractivity contribution in [1.82, 2.24) is 15.0 Å². The van der Waals surface area contributed by atoms with Crippen LogP contribution in [-0.2, 0) is 4.79 Å². The summed E-state index contributed by atoms with van der Waals surface area (Å²) >= 11 is 0. The van der Waals surface area contributed by atoms with Gasteiger partial charge in [0.15, 0.2) is 0 Å². The van der Waals surface area contributed by atoms with Gasteiger partial charge < -0.3 is 10.1 Å². The second-order valence-electron chi connectivity index (χ2n) is 6.07. The first-order valence-corrected chi connectivity index (χ1v) is 8.29. The van der Waals surface area contributed by atoms with Gasteiger partial charge in [-0.05, 0) is 37.0 Å². The highest BCUT2D eigenvalue weighted by Crippen LogP contribution is 2.30. The van der Waals surface area contributed by atoms with Crippen LogP contribution in [0.5, 0.6) is 5.75 Å². The largest absolute Gasteiger partial charge is 0.495 e. The van der Waals surface area contributed by atoms with Crippen LogP contribution in [-0.4, -0.2) is 28.0 Å². The van der Waals surface area contributed by atoms with Crippen molar-refractivity contribution >= 4 is 22.5 Å². The average Bonchev–Trinajstić information content (AvgIpc) is 3.52. The topological polar surface area (TPSA) is 77.0 Å². The zero-order chi connectivity index (χ0) is 17.9. The molecule has 0 unspecified atom stereocenters. The Labute approximate surface area is 150 Å². The third-order valence-electron chi connectivity index (χ3n) is 4.14. The van der Waals surface area contributed by atoms with Gasteiger partial charge in [0.2, 0.25) is 5.91 Å². The van der Waals surface area contributed by atoms with Gasteiger partial charge in [-0.3, -0.25) is 9.78 Å². The Morgan fingerprint density at radius 2 is 2.04 bits per heavy atom. The molecular formula is C20H16N4O2. The molecule has 1 saturated carbocycles. The van der Waals surface area contributed by atoms with Crippen LogP contribution in [0.25, 0.3) is 10.8 Å². The van der Waals surface area contributed by atoms with E-state index in [4.69, 9.17) is 4.74 Å². The summed E-state index contributed by atoms with van der Waals surface area (Å²) in [7, 11) is 1.60. The molecule has 0 aliphatic heterocycles. The number of anilines is 1. The molecule has 0 spiro atoms. The van der Waals surface area contributed by atoms with Gasteiger partial charge in [0.05, 0.1) is 18.9 Å². The lowest BCUT2D eigenvalue weighted by Crippen LogP contribution is -2.14. The Balaban J connectivity index is 1.65. The van der Waals surface area contributed by atoms with Gasteiger partial charge in [-0.15, -0.1) is 0 Å². The van der Waals surface area contributed by atoms with Crippen LogP contribution < -0.4 is 10.1 Å². The molecule has 1 aliphatic rings. The van der Waals surface area contributed by atoms with E-state index in [9.17, 15) is 4.79 Å². The van der Waals surface area contributed by atoms with Gasteiger partial charge in [-0.25, -0.2) is 9.97 Å². The van der Waals surface area contributed by atoms with Gasteiger partial charge in [0.1, 0.15) is 17.3 Å². The first-order valence-electron chi connectivity index (χ1n) is 8.29. The lowest BCUT2D eigenvalue weighted by molar-refractivity contribution is -0.117. The normalized spacial score (nSPS) is 13.0. The molecule has 26 heavy (non-hydrogen) atoms. The fourth-order valence-electron chi connectivity index (χ4n) is 2.51. The monoisotopic (exact) mass is 344 g/mol. The molecule has 128 valence electrons. The fraction of sp³-hybridized carbons (Fsp3) is 0.200. The minimum atomic E-state index is 0.0287. The molecule has 0 aromatic carbocycles. The third-order valence-corrected chi connectivity index (χ3v) is 4.14. The number of amides is 1. The van der Waals surface area contributed by atoms with Crippen molar-refractivity contribution in [2.75, 3.05) is 12.4 Å². The van der Waals surface area contributed by atoms with Crippen LogP contribution >= 0.6 is 0 Å². The van der Waals surface area contributed by atoms with Crippen LogP contribution in [0.15, 0.2) is 43.0 Å². The van der Waals surface area contributed by atoms with Crippen LogP contribution in [0.3, 0.4) is 0 Å². The summed E-state index contributed by atoms with van der Waals surface area (Å²) in [5, 5.41) is 4.62. The van der Waals surface area contributed by atoms with Gasteiger partial charge in [0.25, 0.3) is 0 Å². The van der Waals surface area contributed by atoms with E-state index in [1.807, 2.05) is 12.1 Å². The van der Waals surface area contributed by atoms with E-state index in [1.165, 1.54) is 0 Å². The minimum Gasteiger partial charge on any atom is -0.495 e. The van der Waals surface area contributed by atoms with E-state index >= 15 is 0 Å². The number of hydrogen-bond donors (Lipinski definition) is 1. The Kier molecular flexibility index (Phi) is 4.20. The molecule has 1 amide bonds. The molecule has 0 saturated heterocycles. The molecule has 3 aromatic rings. The Hall–Kier alpha value is -3.46. The molecule has 6 nitrogen and oxygen atoms in total. The molecule has 0 atom stereocenters. The molecule has 1 N–H and O–H groups in total. The SMILES string of the molecule is COc1ccc(C#Cc2cncc3cnc(NC(=O)C4CC4)cc23)nc1. The number of pyridine rings is 3. The molecule has 3 aromatic heterocycles. The number of carbonyl (C=O) groups is 1. The zero-order valence-electron chi connectivity index (χ0n) is 14.2. The molecule has 1 fully saturated rings.